The second-order valence-corrected chi connectivity index (χ2v) is 6.99. The number of carbonyl (C=O) groups excluding carboxylic acids is 1. The van der Waals surface area contributed by atoms with Gasteiger partial charge >= 0.3 is 0 Å². The van der Waals surface area contributed by atoms with Crippen LogP contribution < -0.4 is 5.32 Å². The average Bonchev–Trinajstić information content (AvgIpc) is 3.16. The minimum absolute atomic E-state index is 0.00696. The zero-order chi connectivity index (χ0) is 16.8. The molecule has 1 aromatic heterocycles. The molecule has 1 amide bonds. The smallest absolute Gasteiger partial charge is 0.251 e. The van der Waals surface area contributed by atoms with Crippen molar-refractivity contribution >= 4 is 17.7 Å². The predicted molar refractivity (Wildman–Crippen MR) is 96.7 cm³/mol. The molecule has 6 nitrogen and oxygen atoms in total. The number of hydrogen-bond donors (Lipinski definition) is 1. The normalized spacial score (nSPS) is 16.2. The number of nitrogens with zero attached hydrogens (tertiary/aromatic N) is 4. The number of hydrogen-bond acceptors (Lipinski definition) is 5. The Morgan fingerprint density at radius 1 is 1.29 bits per heavy atom. The summed E-state index contributed by atoms with van der Waals surface area (Å²) < 4.78 is 1.79. The number of likely N-dealkylation sites (tertiary alicyclic amines) is 1. The molecule has 1 fully saturated rings. The molecule has 7 heteroatoms. The SMILES string of the molecule is CSCCN1CCC(NC(=O)c2cccc(-n3cnnc3)c2)CC1. The summed E-state index contributed by atoms with van der Waals surface area (Å²) in [6.45, 7) is 3.27. The zero-order valence-corrected chi connectivity index (χ0v) is 14.7. The first-order valence-corrected chi connectivity index (χ1v) is 9.63. The van der Waals surface area contributed by atoms with Crippen LogP contribution in [0.15, 0.2) is 36.9 Å². The van der Waals surface area contributed by atoms with Crippen LogP contribution in [0.3, 0.4) is 0 Å². The van der Waals surface area contributed by atoms with Crippen LogP contribution in [-0.2, 0) is 0 Å². The maximum Gasteiger partial charge on any atom is 0.251 e. The number of amides is 1. The summed E-state index contributed by atoms with van der Waals surface area (Å²) in [5, 5.41) is 10.8. The summed E-state index contributed by atoms with van der Waals surface area (Å²) in [4.78, 5) is 15.0. The highest BCUT2D eigenvalue weighted by atomic mass is 32.2. The van der Waals surface area contributed by atoms with E-state index in [9.17, 15) is 4.79 Å². The summed E-state index contributed by atoms with van der Waals surface area (Å²) in [5.41, 5.74) is 1.56. The molecule has 1 aromatic carbocycles. The Kier molecular flexibility index (Phi) is 5.87. The monoisotopic (exact) mass is 345 g/mol. The minimum atomic E-state index is -0.00696. The lowest BCUT2D eigenvalue weighted by atomic mass is 10.0. The van der Waals surface area contributed by atoms with Crippen molar-refractivity contribution in [3.8, 4) is 5.69 Å². The van der Waals surface area contributed by atoms with Crippen LogP contribution in [0.5, 0.6) is 0 Å². The van der Waals surface area contributed by atoms with E-state index >= 15 is 0 Å². The molecule has 0 unspecified atom stereocenters. The van der Waals surface area contributed by atoms with E-state index in [1.54, 1.807) is 17.2 Å². The van der Waals surface area contributed by atoms with E-state index in [-0.39, 0.29) is 11.9 Å². The number of rotatable bonds is 6. The molecule has 3 rings (SSSR count). The van der Waals surface area contributed by atoms with Crippen LogP contribution in [0.2, 0.25) is 0 Å². The average molecular weight is 345 g/mol. The Labute approximate surface area is 146 Å². The lowest BCUT2D eigenvalue weighted by Crippen LogP contribution is -2.45. The molecular weight excluding hydrogens is 322 g/mol. The summed E-state index contributed by atoms with van der Waals surface area (Å²) in [5.74, 6) is 1.17. The first kappa shape index (κ1) is 17.0. The van der Waals surface area contributed by atoms with Gasteiger partial charge in [-0.2, -0.15) is 11.8 Å². The van der Waals surface area contributed by atoms with Crippen LogP contribution in [0, 0.1) is 0 Å². The molecule has 0 spiro atoms. The maximum absolute atomic E-state index is 12.5. The third-order valence-electron chi connectivity index (χ3n) is 4.36. The van der Waals surface area contributed by atoms with Crippen molar-refractivity contribution in [1.29, 1.82) is 0 Å². The van der Waals surface area contributed by atoms with Gasteiger partial charge in [0, 0.05) is 42.7 Å². The van der Waals surface area contributed by atoms with Crippen LogP contribution in [-0.4, -0.2) is 63.3 Å². The molecule has 1 N–H and O–H groups in total. The maximum atomic E-state index is 12.5. The van der Waals surface area contributed by atoms with Crippen molar-refractivity contribution in [2.75, 3.05) is 31.6 Å². The van der Waals surface area contributed by atoms with E-state index in [2.05, 4.69) is 26.7 Å². The molecule has 128 valence electrons. The van der Waals surface area contributed by atoms with Crippen LogP contribution in [0.25, 0.3) is 5.69 Å². The number of piperidine rings is 1. The van der Waals surface area contributed by atoms with Gasteiger partial charge in [-0.15, -0.1) is 10.2 Å². The quantitative estimate of drug-likeness (QED) is 0.865. The van der Waals surface area contributed by atoms with E-state index < -0.39 is 0 Å². The van der Waals surface area contributed by atoms with E-state index in [0.717, 1.165) is 38.2 Å². The summed E-state index contributed by atoms with van der Waals surface area (Å²) >= 11 is 1.88. The first-order valence-electron chi connectivity index (χ1n) is 8.23. The topological polar surface area (TPSA) is 63.1 Å². The molecule has 0 aliphatic carbocycles. The van der Waals surface area contributed by atoms with Gasteiger partial charge in [0.25, 0.3) is 5.91 Å². The number of thioether (sulfide) groups is 1. The van der Waals surface area contributed by atoms with Gasteiger partial charge in [0.1, 0.15) is 12.7 Å². The van der Waals surface area contributed by atoms with Crippen molar-refractivity contribution in [3.63, 3.8) is 0 Å². The molecule has 0 bridgehead atoms. The van der Waals surface area contributed by atoms with Crippen molar-refractivity contribution in [1.82, 2.24) is 25.0 Å². The van der Waals surface area contributed by atoms with Gasteiger partial charge < -0.3 is 10.2 Å². The molecule has 2 heterocycles. The van der Waals surface area contributed by atoms with Gasteiger partial charge in [-0.3, -0.25) is 9.36 Å². The van der Waals surface area contributed by atoms with Crippen LogP contribution in [0.1, 0.15) is 23.2 Å². The number of benzene rings is 1. The van der Waals surface area contributed by atoms with Gasteiger partial charge in [0.2, 0.25) is 0 Å². The molecule has 0 radical (unpaired) electrons. The Balaban J connectivity index is 1.55. The Hall–Kier alpha value is -1.86. The third-order valence-corrected chi connectivity index (χ3v) is 4.95. The van der Waals surface area contributed by atoms with Gasteiger partial charge in [-0.25, -0.2) is 0 Å². The standard InChI is InChI=1S/C17H23N5OS/c1-24-10-9-21-7-5-15(6-8-21)20-17(23)14-3-2-4-16(11-14)22-12-18-19-13-22/h2-4,11-13,15H,5-10H2,1H3,(H,20,23). The molecule has 0 atom stereocenters. The van der Waals surface area contributed by atoms with Crippen molar-refractivity contribution in [2.24, 2.45) is 0 Å². The largest absolute Gasteiger partial charge is 0.349 e. The molecule has 1 aliphatic heterocycles. The second kappa shape index (κ2) is 8.30. The van der Waals surface area contributed by atoms with Crippen molar-refractivity contribution in [3.05, 3.63) is 42.5 Å². The first-order chi connectivity index (χ1) is 11.8. The Morgan fingerprint density at radius 3 is 2.75 bits per heavy atom. The highest BCUT2D eigenvalue weighted by Crippen LogP contribution is 2.13. The predicted octanol–water partition coefficient (Wildman–Crippen LogP) is 1.82. The van der Waals surface area contributed by atoms with Gasteiger partial charge in [-0.05, 0) is 37.3 Å². The second-order valence-electron chi connectivity index (χ2n) is 6.00. The van der Waals surface area contributed by atoms with Crippen molar-refractivity contribution in [2.45, 2.75) is 18.9 Å². The Bertz CT molecular complexity index is 653. The van der Waals surface area contributed by atoms with Gasteiger partial charge in [-0.1, -0.05) is 6.07 Å². The summed E-state index contributed by atoms with van der Waals surface area (Å²) in [6.07, 6.45) is 7.43. The number of nitrogens with one attached hydrogen (secondary N) is 1. The van der Waals surface area contributed by atoms with E-state index in [0.29, 0.717) is 5.56 Å². The number of carbonyl (C=O) groups is 1. The minimum Gasteiger partial charge on any atom is -0.349 e. The Morgan fingerprint density at radius 2 is 2.04 bits per heavy atom. The molecule has 0 saturated carbocycles. The summed E-state index contributed by atoms with van der Waals surface area (Å²) in [6, 6.07) is 7.80. The third kappa shape index (κ3) is 4.36. The lowest BCUT2D eigenvalue weighted by Gasteiger charge is -2.32. The van der Waals surface area contributed by atoms with E-state index in [1.165, 1.54) is 5.75 Å². The molecule has 1 saturated heterocycles. The fourth-order valence-electron chi connectivity index (χ4n) is 2.93. The van der Waals surface area contributed by atoms with E-state index in [1.807, 2.05) is 36.0 Å². The molecule has 2 aromatic rings. The fraction of sp³-hybridized carbons (Fsp3) is 0.471. The van der Waals surface area contributed by atoms with E-state index in [4.69, 9.17) is 0 Å². The fourth-order valence-corrected chi connectivity index (χ4v) is 3.37. The highest BCUT2D eigenvalue weighted by Gasteiger charge is 2.20. The molecular formula is C17H23N5OS. The molecule has 24 heavy (non-hydrogen) atoms. The summed E-state index contributed by atoms with van der Waals surface area (Å²) in [7, 11) is 0. The molecule has 1 aliphatic rings. The van der Waals surface area contributed by atoms with Gasteiger partial charge in [0.05, 0.1) is 0 Å². The van der Waals surface area contributed by atoms with Crippen molar-refractivity contribution < 1.29 is 4.79 Å². The van der Waals surface area contributed by atoms with Gasteiger partial charge in [0.15, 0.2) is 0 Å². The van der Waals surface area contributed by atoms with Crippen LogP contribution >= 0.6 is 11.8 Å². The lowest BCUT2D eigenvalue weighted by molar-refractivity contribution is 0.0913. The number of aromatic nitrogens is 3. The zero-order valence-electron chi connectivity index (χ0n) is 13.9. The highest BCUT2D eigenvalue weighted by molar-refractivity contribution is 7.98. The van der Waals surface area contributed by atoms with Crippen LogP contribution in [0.4, 0.5) is 0 Å².